The molecule has 0 heterocycles. The van der Waals surface area contributed by atoms with Crippen LogP contribution in [0.1, 0.15) is 31.7 Å². The van der Waals surface area contributed by atoms with Gasteiger partial charge in [0.05, 0.1) is 5.92 Å². The van der Waals surface area contributed by atoms with Crippen LogP contribution < -0.4 is 5.73 Å². The van der Waals surface area contributed by atoms with Gasteiger partial charge in [0, 0.05) is 19.1 Å². The minimum absolute atomic E-state index is 0. The fraction of sp³-hybridized carbons (Fsp3) is 0.533. The third kappa shape index (κ3) is 3.95. The lowest BCUT2D eigenvalue weighted by Gasteiger charge is -2.26. The summed E-state index contributed by atoms with van der Waals surface area (Å²) in [6, 6.07) is 10.2. The molecule has 0 spiro atoms. The highest BCUT2D eigenvalue weighted by Crippen LogP contribution is 2.26. The predicted octanol–water partition coefficient (Wildman–Crippen LogP) is 2.58. The van der Waals surface area contributed by atoms with E-state index in [4.69, 9.17) is 5.73 Å². The maximum Gasteiger partial charge on any atom is 0.227 e. The van der Waals surface area contributed by atoms with Crippen LogP contribution >= 0.6 is 12.4 Å². The van der Waals surface area contributed by atoms with Crippen molar-refractivity contribution in [2.24, 2.45) is 11.7 Å². The maximum absolute atomic E-state index is 12.4. The predicted molar refractivity (Wildman–Crippen MR) is 80.1 cm³/mol. The lowest BCUT2D eigenvalue weighted by atomic mass is 10.0. The number of carbonyl (C=O) groups is 1. The number of rotatable bonds is 4. The molecule has 106 valence electrons. The number of hydrogen-bond donors (Lipinski definition) is 1. The Morgan fingerprint density at radius 1 is 1.32 bits per heavy atom. The summed E-state index contributed by atoms with van der Waals surface area (Å²) in [6.45, 7) is 3.47. The molecule has 1 aliphatic carbocycles. The van der Waals surface area contributed by atoms with Crippen LogP contribution in [0.4, 0.5) is 0 Å². The van der Waals surface area contributed by atoms with Crippen molar-refractivity contribution in [2.45, 2.75) is 38.8 Å². The summed E-state index contributed by atoms with van der Waals surface area (Å²) in [5, 5.41) is 0. The molecule has 19 heavy (non-hydrogen) atoms. The molecule has 2 unspecified atom stereocenters. The lowest BCUT2D eigenvalue weighted by molar-refractivity contribution is -0.136. The van der Waals surface area contributed by atoms with Crippen LogP contribution in [-0.4, -0.2) is 23.4 Å². The highest BCUT2D eigenvalue weighted by atomic mass is 35.5. The number of hydrogen-bond acceptors (Lipinski definition) is 2. The molecule has 2 rings (SSSR count). The fourth-order valence-corrected chi connectivity index (χ4v) is 2.68. The molecule has 1 aromatic rings. The molecular weight excluding hydrogens is 260 g/mol. The second-order valence-corrected chi connectivity index (χ2v) is 5.04. The standard InChI is InChI=1S/C15H22N2O.ClH/c1-2-17(11-12-7-4-3-5-8-12)15(18)13-9-6-10-14(13)16;/h3-5,7-8,13-14H,2,6,9-11,16H2,1H3;1H. The number of nitrogens with two attached hydrogens (primary N) is 1. The third-order valence-electron chi connectivity index (χ3n) is 3.80. The van der Waals surface area contributed by atoms with E-state index in [0.717, 1.165) is 25.8 Å². The van der Waals surface area contributed by atoms with Crippen molar-refractivity contribution >= 4 is 18.3 Å². The second-order valence-electron chi connectivity index (χ2n) is 5.04. The van der Waals surface area contributed by atoms with Gasteiger partial charge in [-0.2, -0.15) is 0 Å². The average Bonchev–Trinajstić information content (AvgIpc) is 2.82. The van der Waals surface area contributed by atoms with Crippen molar-refractivity contribution in [1.82, 2.24) is 4.90 Å². The molecule has 0 aromatic heterocycles. The van der Waals surface area contributed by atoms with Crippen LogP contribution in [0.5, 0.6) is 0 Å². The van der Waals surface area contributed by atoms with Crippen LogP contribution in [0.2, 0.25) is 0 Å². The summed E-state index contributed by atoms with van der Waals surface area (Å²) in [4.78, 5) is 14.4. The lowest BCUT2D eigenvalue weighted by Crippen LogP contribution is -2.41. The van der Waals surface area contributed by atoms with E-state index in [-0.39, 0.29) is 30.3 Å². The van der Waals surface area contributed by atoms with Gasteiger partial charge >= 0.3 is 0 Å². The van der Waals surface area contributed by atoms with Gasteiger partial charge in [-0.05, 0) is 25.3 Å². The summed E-state index contributed by atoms with van der Waals surface area (Å²) in [7, 11) is 0. The summed E-state index contributed by atoms with van der Waals surface area (Å²) in [5.41, 5.74) is 7.20. The molecule has 1 fully saturated rings. The molecule has 0 aliphatic heterocycles. The number of halogens is 1. The fourth-order valence-electron chi connectivity index (χ4n) is 2.68. The first-order valence-electron chi connectivity index (χ1n) is 6.80. The van der Waals surface area contributed by atoms with Gasteiger partial charge in [-0.15, -0.1) is 12.4 Å². The van der Waals surface area contributed by atoms with E-state index >= 15 is 0 Å². The van der Waals surface area contributed by atoms with Gasteiger partial charge < -0.3 is 10.6 Å². The Kier molecular flexibility index (Phi) is 6.32. The van der Waals surface area contributed by atoms with Gasteiger partial charge in [0.2, 0.25) is 5.91 Å². The monoisotopic (exact) mass is 282 g/mol. The Labute approximate surface area is 121 Å². The average molecular weight is 283 g/mol. The molecule has 0 saturated heterocycles. The second kappa shape index (κ2) is 7.51. The van der Waals surface area contributed by atoms with Crippen LogP contribution in [-0.2, 0) is 11.3 Å². The first-order chi connectivity index (χ1) is 8.72. The first kappa shape index (κ1) is 16.0. The zero-order valence-corrected chi connectivity index (χ0v) is 12.2. The van der Waals surface area contributed by atoms with Crippen LogP contribution in [0, 0.1) is 5.92 Å². The van der Waals surface area contributed by atoms with E-state index in [1.54, 1.807) is 0 Å². The van der Waals surface area contributed by atoms with Crippen LogP contribution in [0.15, 0.2) is 30.3 Å². The molecule has 0 bridgehead atoms. The van der Waals surface area contributed by atoms with Crippen molar-refractivity contribution in [3.8, 4) is 0 Å². The van der Waals surface area contributed by atoms with Gasteiger partial charge in [-0.3, -0.25) is 4.79 Å². The molecule has 1 aliphatic rings. The van der Waals surface area contributed by atoms with E-state index in [1.165, 1.54) is 5.56 Å². The van der Waals surface area contributed by atoms with E-state index in [0.29, 0.717) is 6.54 Å². The van der Waals surface area contributed by atoms with E-state index in [2.05, 4.69) is 12.1 Å². The Balaban J connectivity index is 0.00000180. The molecule has 3 nitrogen and oxygen atoms in total. The Bertz CT molecular complexity index is 396. The zero-order chi connectivity index (χ0) is 13.0. The smallest absolute Gasteiger partial charge is 0.227 e. The number of carbonyl (C=O) groups excluding carboxylic acids is 1. The molecule has 0 radical (unpaired) electrons. The third-order valence-corrected chi connectivity index (χ3v) is 3.80. The summed E-state index contributed by atoms with van der Waals surface area (Å²) in [5.74, 6) is 0.264. The van der Waals surface area contributed by atoms with Crippen molar-refractivity contribution < 1.29 is 4.79 Å². The molecule has 2 N–H and O–H groups in total. The molecular formula is C15H23ClN2O. The maximum atomic E-state index is 12.4. The largest absolute Gasteiger partial charge is 0.338 e. The van der Waals surface area contributed by atoms with Gasteiger partial charge in [-0.1, -0.05) is 36.8 Å². The minimum Gasteiger partial charge on any atom is -0.338 e. The topological polar surface area (TPSA) is 46.3 Å². The highest BCUT2D eigenvalue weighted by molar-refractivity contribution is 5.85. The zero-order valence-electron chi connectivity index (χ0n) is 11.4. The Morgan fingerprint density at radius 3 is 2.53 bits per heavy atom. The summed E-state index contributed by atoms with van der Waals surface area (Å²) < 4.78 is 0. The van der Waals surface area contributed by atoms with Gasteiger partial charge in [0.25, 0.3) is 0 Å². The quantitative estimate of drug-likeness (QED) is 0.923. The Morgan fingerprint density at radius 2 is 2.00 bits per heavy atom. The molecule has 4 heteroatoms. The first-order valence-corrected chi connectivity index (χ1v) is 6.80. The van der Waals surface area contributed by atoms with Gasteiger partial charge in [0.1, 0.15) is 0 Å². The van der Waals surface area contributed by atoms with E-state index in [1.807, 2.05) is 30.0 Å². The summed E-state index contributed by atoms with van der Waals surface area (Å²) in [6.07, 6.45) is 3.02. The van der Waals surface area contributed by atoms with Gasteiger partial charge in [0.15, 0.2) is 0 Å². The van der Waals surface area contributed by atoms with E-state index < -0.39 is 0 Å². The van der Waals surface area contributed by atoms with E-state index in [9.17, 15) is 4.79 Å². The highest BCUT2D eigenvalue weighted by Gasteiger charge is 2.32. The van der Waals surface area contributed by atoms with Crippen LogP contribution in [0.25, 0.3) is 0 Å². The molecule has 1 saturated carbocycles. The van der Waals surface area contributed by atoms with Crippen molar-refractivity contribution in [1.29, 1.82) is 0 Å². The van der Waals surface area contributed by atoms with Crippen molar-refractivity contribution in [3.63, 3.8) is 0 Å². The Hall–Kier alpha value is -1.06. The van der Waals surface area contributed by atoms with Crippen molar-refractivity contribution in [3.05, 3.63) is 35.9 Å². The molecule has 2 atom stereocenters. The SMILES string of the molecule is CCN(Cc1ccccc1)C(=O)C1CCCC1N.Cl. The van der Waals surface area contributed by atoms with Crippen LogP contribution in [0.3, 0.4) is 0 Å². The van der Waals surface area contributed by atoms with Crippen molar-refractivity contribution in [2.75, 3.05) is 6.54 Å². The minimum atomic E-state index is 0. The number of amides is 1. The van der Waals surface area contributed by atoms with Gasteiger partial charge in [-0.25, -0.2) is 0 Å². The normalized spacial score (nSPS) is 21.8. The summed E-state index contributed by atoms with van der Waals surface area (Å²) >= 11 is 0. The number of benzene rings is 1. The molecule has 1 aromatic carbocycles. The number of nitrogens with zero attached hydrogens (tertiary/aromatic N) is 1. The molecule has 1 amide bonds.